The first-order chi connectivity index (χ1) is 12.6. The summed E-state index contributed by atoms with van der Waals surface area (Å²) in [5.41, 5.74) is 1.73. The summed E-state index contributed by atoms with van der Waals surface area (Å²) in [6, 6.07) is 14.6. The molecule has 1 unspecified atom stereocenters. The minimum Gasteiger partial charge on any atom is -0.494 e. The number of carbonyl (C=O) groups excluding carboxylic acids is 2. The molecular formula is C20H21ClN2O3. The van der Waals surface area contributed by atoms with Crippen LogP contribution in [0.15, 0.2) is 48.5 Å². The monoisotopic (exact) mass is 372 g/mol. The van der Waals surface area contributed by atoms with E-state index >= 15 is 0 Å². The van der Waals surface area contributed by atoms with E-state index in [9.17, 15) is 9.59 Å². The molecule has 0 radical (unpaired) electrons. The molecule has 1 aliphatic rings. The van der Waals surface area contributed by atoms with Gasteiger partial charge < -0.3 is 15.0 Å². The van der Waals surface area contributed by atoms with E-state index in [1.54, 1.807) is 29.2 Å². The highest BCUT2D eigenvalue weighted by molar-refractivity contribution is 6.30. The van der Waals surface area contributed by atoms with E-state index in [1.807, 2.05) is 31.2 Å². The lowest BCUT2D eigenvalue weighted by Crippen LogP contribution is -2.36. The van der Waals surface area contributed by atoms with E-state index < -0.39 is 5.92 Å². The smallest absolute Gasteiger partial charge is 0.239 e. The lowest BCUT2D eigenvalue weighted by Gasteiger charge is -2.17. The molecule has 0 aliphatic carbocycles. The number of anilines is 1. The van der Waals surface area contributed by atoms with Crippen molar-refractivity contribution >= 4 is 29.1 Å². The first-order valence-electron chi connectivity index (χ1n) is 8.65. The molecule has 5 nitrogen and oxygen atoms in total. The van der Waals surface area contributed by atoms with Crippen LogP contribution in [0.2, 0.25) is 5.02 Å². The lowest BCUT2D eigenvalue weighted by atomic mass is 10.1. The van der Waals surface area contributed by atoms with Crippen molar-refractivity contribution in [3.63, 3.8) is 0 Å². The molecule has 0 spiro atoms. The minimum atomic E-state index is -0.645. The fourth-order valence-electron chi connectivity index (χ4n) is 2.98. The lowest BCUT2D eigenvalue weighted by molar-refractivity contribution is -0.132. The van der Waals surface area contributed by atoms with Crippen LogP contribution in [0.1, 0.15) is 18.9 Å². The molecule has 2 aromatic rings. The van der Waals surface area contributed by atoms with Gasteiger partial charge in [0, 0.05) is 23.8 Å². The zero-order valence-electron chi connectivity index (χ0n) is 14.6. The van der Waals surface area contributed by atoms with E-state index in [-0.39, 0.29) is 11.8 Å². The molecule has 2 aromatic carbocycles. The van der Waals surface area contributed by atoms with Gasteiger partial charge >= 0.3 is 0 Å². The van der Waals surface area contributed by atoms with E-state index in [0.717, 1.165) is 17.0 Å². The summed E-state index contributed by atoms with van der Waals surface area (Å²) in [7, 11) is 0. The maximum atomic E-state index is 12.6. The Labute approximate surface area is 157 Å². The Balaban J connectivity index is 1.56. The van der Waals surface area contributed by atoms with Crippen LogP contribution in [0.25, 0.3) is 0 Å². The van der Waals surface area contributed by atoms with Crippen LogP contribution < -0.4 is 15.0 Å². The molecule has 0 aromatic heterocycles. The maximum absolute atomic E-state index is 12.6. The second kappa shape index (κ2) is 8.23. The number of rotatable bonds is 6. The number of amides is 2. The van der Waals surface area contributed by atoms with Gasteiger partial charge in [0.25, 0.3) is 0 Å². The summed E-state index contributed by atoms with van der Waals surface area (Å²) in [5, 5.41) is 3.47. The van der Waals surface area contributed by atoms with Crippen LogP contribution in [0.4, 0.5) is 5.69 Å². The van der Waals surface area contributed by atoms with E-state index in [1.165, 1.54) is 0 Å². The van der Waals surface area contributed by atoms with Gasteiger partial charge in [0.15, 0.2) is 0 Å². The summed E-state index contributed by atoms with van der Waals surface area (Å²) < 4.78 is 5.40. The largest absolute Gasteiger partial charge is 0.494 e. The highest BCUT2D eigenvalue weighted by Gasteiger charge is 2.37. The molecule has 6 heteroatoms. The number of ether oxygens (including phenoxy) is 1. The van der Waals surface area contributed by atoms with Crippen molar-refractivity contribution in [2.45, 2.75) is 19.9 Å². The van der Waals surface area contributed by atoms with Gasteiger partial charge in [-0.2, -0.15) is 0 Å². The molecule has 136 valence electrons. The number of nitrogens with zero attached hydrogens (tertiary/aromatic N) is 1. The molecule has 2 amide bonds. The summed E-state index contributed by atoms with van der Waals surface area (Å²) in [5.74, 6) is -0.252. The third kappa shape index (κ3) is 4.17. The van der Waals surface area contributed by atoms with Crippen LogP contribution in [0, 0.1) is 5.92 Å². The number of benzene rings is 2. The van der Waals surface area contributed by atoms with Crippen LogP contribution in [0.3, 0.4) is 0 Å². The second-order valence-corrected chi connectivity index (χ2v) is 6.54. The van der Waals surface area contributed by atoms with Gasteiger partial charge in [-0.05, 0) is 55.3 Å². The van der Waals surface area contributed by atoms with Crippen LogP contribution in [0.5, 0.6) is 5.75 Å². The summed E-state index contributed by atoms with van der Waals surface area (Å²) >= 11 is 5.89. The fourth-order valence-corrected chi connectivity index (χ4v) is 3.11. The summed E-state index contributed by atoms with van der Waals surface area (Å²) in [4.78, 5) is 26.6. The second-order valence-electron chi connectivity index (χ2n) is 6.10. The molecule has 26 heavy (non-hydrogen) atoms. The molecule has 0 saturated carbocycles. The fraction of sp³-hybridized carbons (Fsp3) is 0.300. The van der Waals surface area contributed by atoms with Crippen molar-refractivity contribution in [1.82, 2.24) is 5.32 Å². The maximum Gasteiger partial charge on any atom is 0.239 e. The van der Waals surface area contributed by atoms with Crippen LogP contribution in [-0.4, -0.2) is 25.0 Å². The highest BCUT2D eigenvalue weighted by atomic mass is 35.5. The minimum absolute atomic E-state index is 0.170. The first kappa shape index (κ1) is 18.3. The molecule has 1 N–H and O–H groups in total. The van der Waals surface area contributed by atoms with Gasteiger partial charge in [0.05, 0.1) is 6.61 Å². The van der Waals surface area contributed by atoms with Crippen LogP contribution in [-0.2, 0) is 16.1 Å². The Morgan fingerprint density at radius 2 is 1.88 bits per heavy atom. The third-order valence-corrected chi connectivity index (χ3v) is 4.61. The molecule has 1 fully saturated rings. The number of halogens is 1. The van der Waals surface area contributed by atoms with Gasteiger partial charge in [-0.3, -0.25) is 9.59 Å². The molecule has 3 rings (SSSR count). The standard InChI is InChI=1S/C20H21ClN2O3/c1-2-26-17-9-3-14(4-10-17)13-22-19(24)18-11-12-23(20(18)25)16-7-5-15(21)6-8-16/h3-10,18H,2,11-13H2,1H3,(H,22,24). The van der Waals surface area contributed by atoms with Gasteiger partial charge in [0.2, 0.25) is 11.8 Å². The van der Waals surface area contributed by atoms with Crippen molar-refractivity contribution < 1.29 is 14.3 Å². The molecule has 1 heterocycles. The van der Waals surface area contributed by atoms with Crippen molar-refractivity contribution in [1.29, 1.82) is 0 Å². The number of hydrogen-bond acceptors (Lipinski definition) is 3. The molecule has 1 atom stereocenters. The number of hydrogen-bond donors (Lipinski definition) is 1. The van der Waals surface area contributed by atoms with E-state index in [0.29, 0.717) is 31.1 Å². The first-order valence-corrected chi connectivity index (χ1v) is 9.02. The van der Waals surface area contributed by atoms with Gasteiger partial charge in [-0.1, -0.05) is 23.7 Å². The Morgan fingerprint density at radius 3 is 2.54 bits per heavy atom. The predicted molar refractivity (Wildman–Crippen MR) is 101 cm³/mol. The topological polar surface area (TPSA) is 58.6 Å². The number of nitrogens with one attached hydrogen (secondary N) is 1. The average molecular weight is 373 g/mol. The predicted octanol–water partition coefficient (Wildman–Crippen LogP) is 3.41. The molecule has 0 bridgehead atoms. The third-order valence-electron chi connectivity index (χ3n) is 4.36. The molecule has 1 aliphatic heterocycles. The Hall–Kier alpha value is -2.53. The highest BCUT2D eigenvalue weighted by Crippen LogP contribution is 2.26. The van der Waals surface area contributed by atoms with Gasteiger partial charge in [0.1, 0.15) is 11.7 Å². The summed E-state index contributed by atoms with van der Waals surface area (Å²) in [6.07, 6.45) is 0.510. The quantitative estimate of drug-likeness (QED) is 0.790. The van der Waals surface area contributed by atoms with Crippen molar-refractivity contribution in [3.8, 4) is 5.75 Å². The van der Waals surface area contributed by atoms with E-state index in [2.05, 4.69) is 5.32 Å². The molecular weight excluding hydrogens is 352 g/mol. The van der Waals surface area contributed by atoms with E-state index in [4.69, 9.17) is 16.3 Å². The molecule has 1 saturated heterocycles. The number of carbonyl (C=O) groups is 2. The van der Waals surface area contributed by atoms with Crippen molar-refractivity contribution in [2.24, 2.45) is 5.92 Å². The average Bonchev–Trinajstić information content (AvgIpc) is 3.03. The van der Waals surface area contributed by atoms with Gasteiger partial charge in [-0.25, -0.2) is 0 Å². The Morgan fingerprint density at radius 1 is 1.19 bits per heavy atom. The van der Waals surface area contributed by atoms with Crippen LogP contribution >= 0.6 is 11.6 Å². The normalized spacial score (nSPS) is 16.6. The SMILES string of the molecule is CCOc1ccc(CNC(=O)C2CCN(c3ccc(Cl)cc3)C2=O)cc1. The Kier molecular flexibility index (Phi) is 5.78. The van der Waals surface area contributed by atoms with Gasteiger partial charge in [-0.15, -0.1) is 0 Å². The Bertz CT molecular complexity index is 775. The summed E-state index contributed by atoms with van der Waals surface area (Å²) in [6.45, 7) is 3.46. The van der Waals surface area contributed by atoms with Crippen molar-refractivity contribution in [3.05, 3.63) is 59.1 Å². The zero-order chi connectivity index (χ0) is 18.5. The zero-order valence-corrected chi connectivity index (χ0v) is 15.3. The van der Waals surface area contributed by atoms with Crippen molar-refractivity contribution in [2.75, 3.05) is 18.1 Å².